The quantitative estimate of drug-likeness (QED) is 0.908. The Hall–Kier alpha value is -0.0900. The van der Waals surface area contributed by atoms with Gasteiger partial charge in [0.1, 0.15) is 0 Å². The number of hydrogen-bond donors (Lipinski definition) is 1. The van der Waals surface area contributed by atoms with Crippen LogP contribution in [0, 0.1) is 0 Å². The average molecular weight is 287 g/mol. The molecule has 1 heterocycles. The maximum atomic E-state index is 6.14. The molecule has 0 saturated heterocycles. The van der Waals surface area contributed by atoms with Gasteiger partial charge in [-0.15, -0.1) is 11.3 Å². The zero-order chi connectivity index (χ0) is 13.3. The molecule has 2 nitrogen and oxygen atoms in total. The zero-order valence-electron chi connectivity index (χ0n) is 11.7. The molecule has 0 radical (unpaired) electrons. The Morgan fingerprint density at radius 1 is 1.50 bits per heavy atom. The molecule has 1 unspecified atom stereocenters. The van der Waals surface area contributed by atoms with Crippen molar-refractivity contribution in [2.45, 2.75) is 44.7 Å². The Bertz CT molecular complexity index is 412. The van der Waals surface area contributed by atoms with Crippen molar-refractivity contribution in [3.8, 4) is 0 Å². The van der Waals surface area contributed by atoms with Crippen molar-refractivity contribution < 1.29 is 0 Å². The van der Waals surface area contributed by atoms with Crippen LogP contribution in [0.5, 0.6) is 0 Å². The Morgan fingerprint density at radius 2 is 2.22 bits per heavy atom. The highest BCUT2D eigenvalue weighted by Gasteiger charge is 2.26. The lowest BCUT2D eigenvalue weighted by atomic mass is 9.93. The number of thiophene rings is 1. The minimum absolute atomic E-state index is 0.178. The van der Waals surface area contributed by atoms with E-state index in [0.29, 0.717) is 6.04 Å². The van der Waals surface area contributed by atoms with E-state index in [4.69, 9.17) is 11.6 Å². The Balaban J connectivity index is 2.03. The number of nitrogens with one attached hydrogen (secondary N) is 1. The first-order valence-corrected chi connectivity index (χ1v) is 7.78. The van der Waals surface area contributed by atoms with Crippen LogP contribution < -0.4 is 5.32 Å². The van der Waals surface area contributed by atoms with E-state index in [1.807, 2.05) is 0 Å². The average Bonchev–Trinajstić information content (AvgIpc) is 2.66. The fourth-order valence-corrected chi connectivity index (χ4v) is 3.65. The van der Waals surface area contributed by atoms with Crippen molar-refractivity contribution in [2.75, 3.05) is 20.6 Å². The summed E-state index contributed by atoms with van der Waals surface area (Å²) in [5.74, 6) is 0. The molecule has 1 aliphatic rings. The summed E-state index contributed by atoms with van der Waals surface area (Å²) in [6.07, 6.45) is 3.69. The molecule has 1 aliphatic carbocycles. The second-order valence-electron chi connectivity index (χ2n) is 5.96. The fourth-order valence-electron chi connectivity index (χ4n) is 2.26. The predicted molar refractivity (Wildman–Crippen MR) is 80.8 cm³/mol. The van der Waals surface area contributed by atoms with E-state index < -0.39 is 0 Å². The summed E-state index contributed by atoms with van der Waals surface area (Å²) in [6, 6.07) is 2.64. The standard InChI is InChI=1S/C14H23ClN2S/c1-14(2,17(3)4)9-16-11-6-5-7-12-10(11)8-13(15)18-12/h8,11,16H,5-7,9H2,1-4H3. The van der Waals surface area contributed by atoms with Crippen LogP contribution in [-0.4, -0.2) is 31.1 Å². The SMILES string of the molecule is CN(C)C(C)(C)CNC1CCCc2sc(Cl)cc21. The first-order valence-electron chi connectivity index (χ1n) is 6.59. The summed E-state index contributed by atoms with van der Waals surface area (Å²) in [5, 5.41) is 3.72. The van der Waals surface area contributed by atoms with Crippen molar-refractivity contribution in [1.82, 2.24) is 10.2 Å². The number of hydrogen-bond acceptors (Lipinski definition) is 3. The molecule has 0 amide bonds. The first kappa shape index (κ1) is 14.3. The third-order valence-corrected chi connectivity index (χ3v) is 5.42. The second kappa shape index (κ2) is 5.49. The summed E-state index contributed by atoms with van der Waals surface area (Å²) < 4.78 is 0.931. The fraction of sp³-hybridized carbons (Fsp3) is 0.714. The highest BCUT2D eigenvalue weighted by molar-refractivity contribution is 7.16. The molecule has 0 fully saturated rings. The summed E-state index contributed by atoms with van der Waals surface area (Å²) in [5.41, 5.74) is 1.61. The molecule has 102 valence electrons. The van der Waals surface area contributed by atoms with E-state index in [1.165, 1.54) is 29.7 Å². The Morgan fingerprint density at radius 3 is 2.89 bits per heavy atom. The molecule has 0 aromatic carbocycles. The highest BCUT2D eigenvalue weighted by Crippen LogP contribution is 2.37. The molecule has 1 atom stereocenters. The summed E-state index contributed by atoms with van der Waals surface area (Å²) in [7, 11) is 4.27. The van der Waals surface area contributed by atoms with Gasteiger partial charge in [0.25, 0.3) is 0 Å². The maximum absolute atomic E-state index is 6.14. The maximum Gasteiger partial charge on any atom is 0.0934 e. The number of likely N-dealkylation sites (N-methyl/N-ethyl adjacent to an activating group) is 1. The van der Waals surface area contributed by atoms with Crippen LogP contribution in [0.3, 0.4) is 0 Å². The molecule has 18 heavy (non-hydrogen) atoms. The summed E-state index contributed by atoms with van der Waals surface area (Å²) in [6.45, 7) is 5.53. The topological polar surface area (TPSA) is 15.3 Å². The van der Waals surface area contributed by atoms with Crippen LogP contribution in [0.15, 0.2) is 6.07 Å². The summed E-state index contributed by atoms with van der Waals surface area (Å²) >= 11 is 7.89. The van der Waals surface area contributed by atoms with Gasteiger partial charge in [0.05, 0.1) is 4.34 Å². The first-order chi connectivity index (χ1) is 8.40. The molecular weight excluding hydrogens is 264 g/mol. The molecule has 2 rings (SSSR count). The van der Waals surface area contributed by atoms with Gasteiger partial charge < -0.3 is 10.2 Å². The van der Waals surface area contributed by atoms with E-state index in [1.54, 1.807) is 11.3 Å². The number of fused-ring (bicyclic) bond motifs is 1. The number of nitrogens with zero attached hydrogens (tertiary/aromatic N) is 1. The lowest BCUT2D eigenvalue weighted by Gasteiger charge is -2.35. The van der Waals surface area contributed by atoms with Crippen LogP contribution >= 0.6 is 22.9 Å². The van der Waals surface area contributed by atoms with Gasteiger partial charge in [-0.1, -0.05) is 11.6 Å². The van der Waals surface area contributed by atoms with Crippen molar-refractivity contribution in [2.24, 2.45) is 0 Å². The molecule has 0 bridgehead atoms. The van der Waals surface area contributed by atoms with E-state index in [0.717, 1.165) is 10.9 Å². The van der Waals surface area contributed by atoms with Gasteiger partial charge in [-0.3, -0.25) is 0 Å². The Kier molecular flexibility index (Phi) is 4.37. The minimum atomic E-state index is 0.178. The lowest BCUT2D eigenvalue weighted by molar-refractivity contribution is 0.182. The Labute approximate surface area is 119 Å². The molecule has 1 aromatic rings. The van der Waals surface area contributed by atoms with Crippen LogP contribution in [0.2, 0.25) is 4.34 Å². The van der Waals surface area contributed by atoms with Gasteiger partial charge in [-0.05, 0) is 58.8 Å². The third-order valence-electron chi connectivity index (χ3n) is 4.08. The number of aryl methyl sites for hydroxylation is 1. The molecular formula is C14H23ClN2S. The van der Waals surface area contributed by atoms with Gasteiger partial charge >= 0.3 is 0 Å². The molecule has 0 spiro atoms. The molecule has 4 heteroatoms. The smallest absolute Gasteiger partial charge is 0.0934 e. The zero-order valence-corrected chi connectivity index (χ0v) is 13.3. The molecule has 1 aromatic heterocycles. The van der Waals surface area contributed by atoms with Gasteiger partial charge in [0, 0.05) is 23.0 Å². The van der Waals surface area contributed by atoms with E-state index in [9.17, 15) is 0 Å². The largest absolute Gasteiger partial charge is 0.308 e. The van der Waals surface area contributed by atoms with Gasteiger partial charge in [0.2, 0.25) is 0 Å². The number of rotatable bonds is 4. The molecule has 1 N–H and O–H groups in total. The minimum Gasteiger partial charge on any atom is -0.308 e. The lowest BCUT2D eigenvalue weighted by Crippen LogP contribution is -2.47. The third kappa shape index (κ3) is 3.08. The monoisotopic (exact) mass is 286 g/mol. The van der Waals surface area contributed by atoms with Crippen molar-refractivity contribution in [3.63, 3.8) is 0 Å². The van der Waals surface area contributed by atoms with Gasteiger partial charge in [-0.2, -0.15) is 0 Å². The highest BCUT2D eigenvalue weighted by atomic mass is 35.5. The second-order valence-corrected chi connectivity index (χ2v) is 7.73. The van der Waals surface area contributed by atoms with E-state index >= 15 is 0 Å². The van der Waals surface area contributed by atoms with Gasteiger partial charge in [-0.25, -0.2) is 0 Å². The van der Waals surface area contributed by atoms with E-state index in [-0.39, 0.29) is 5.54 Å². The van der Waals surface area contributed by atoms with E-state index in [2.05, 4.69) is 44.2 Å². The summed E-state index contributed by atoms with van der Waals surface area (Å²) in [4.78, 5) is 3.75. The van der Waals surface area contributed by atoms with Gasteiger partial charge in [0.15, 0.2) is 0 Å². The molecule has 0 saturated carbocycles. The van der Waals surface area contributed by atoms with Crippen LogP contribution in [0.1, 0.15) is 43.2 Å². The van der Waals surface area contributed by atoms with Crippen LogP contribution in [-0.2, 0) is 6.42 Å². The van der Waals surface area contributed by atoms with Crippen molar-refractivity contribution >= 4 is 22.9 Å². The molecule has 0 aliphatic heterocycles. The predicted octanol–water partition coefficient (Wildman–Crippen LogP) is 3.71. The van der Waals surface area contributed by atoms with Crippen LogP contribution in [0.4, 0.5) is 0 Å². The normalized spacial score (nSPS) is 20.2. The number of halogens is 1. The van der Waals surface area contributed by atoms with Crippen molar-refractivity contribution in [3.05, 3.63) is 20.8 Å². The van der Waals surface area contributed by atoms with Crippen LogP contribution in [0.25, 0.3) is 0 Å². The van der Waals surface area contributed by atoms with Crippen molar-refractivity contribution in [1.29, 1.82) is 0 Å².